The van der Waals surface area contributed by atoms with Crippen LogP contribution in [0.3, 0.4) is 0 Å². The van der Waals surface area contributed by atoms with Gasteiger partial charge in [0.05, 0.1) is 32.4 Å². The number of ether oxygens (including phenoxy) is 2. The van der Waals surface area contributed by atoms with Gasteiger partial charge in [-0.3, -0.25) is 9.48 Å². The van der Waals surface area contributed by atoms with Gasteiger partial charge in [-0.05, 0) is 6.92 Å². The molecule has 6 heteroatoms. The van der Waals surface area contributed by atoms with Crippen molar-refractivity contribution in [3.63, 3.8) is 0 Å². The summed E-state index contributed by atoms with van der Waals surface area (Å²) in [6.45, 7) is 3.35. The molecule has 6 nitrogen and oxygen atoms in total. The molecule has 17 heavy (non-hydrogen) atoms. The fraction of sp³-hybridized carbons (Fsp3) is 0.636. The van der Waals surface area contributed by atoms with Crippen molar-refractivity contribution < 1.29 is 14.3 Å². The molecule has 1 saturated heterocycles. The lowest BCUT2D eigenvalue weighted by molar-refractivity contribution is 0.0881. The van der Waals surface area contributed by atoms with E-state index in [0.29, 0.717) is 31.2 Å². The largest absolute Gasteiger partial charge is 0.493 e. The lowest BCUT2D eigenvalue weighted by atomic mass is 9.96. The number of nitrogens with zero attached hydrogens (tertiary/aromatic N) is 2. The fourth-order valence-electron chi connectivity index (χ4n) is 2.02. The Morgan fingerprint density at radius 3 is 3.00 bits per heavy atom. The van der Waals surface area contributed by atoms with E-state index >= 15 is 0 Å². The summed E-state index contributed by atoms with van der Waals surface area (Å²) in [5.41, 5.74) is 6.34. The first-order valence-electron chi connectivity index (χ1n) is 5.66. The van der Waals surface area contributed by atoms with E-state index < -0.39 is 0 Å². The maximum absolute atomic E-state index is 12.4. The molecule has 2 N–H and O–H groups in total. The van der Waals surface area contributed by atoms with Crippen molar-refractivity contribution in [1.29, 1.82) is 0 Å². The van der Waals surface area contributed by atoms with Gasteiger partial charge in [-0.15, -0.1) is 0 Å². The number of carbonyl (C=O) groups excluding carboxylic acids is 1. The number of Topliss-reactive ketones (excluding diaryl/α,β-unsaturated/α-hetero) is 1. The number of nitrogens with two attached hydrogens (primary N) is 1. The molecular weight excluding hydrogens is 222 g/mol. The highest BCUT2D eigenvalue weighted by atomic mass is 16.5. The van der Waals surface area contributed by atoms with Crippen LogP contribution in [0.15, 0.2) is 6.20 Å². The first kappa shape index (κ1) is 12.1. The van der Waals surface area contributed by atoms with Gasteiger partial charge in [0, 0.05) is 12.6 Å². The highest BCUT2D eigenvalue weighted by Gasteiger charge is 2.35. The van der Waals surface area contributed by atoms with Gasteiger partial charge in [-0.1, -0.05) is 0 Å². The number of ketones is 1. The molecule has 0 aliphatic carbocycles. The van der Waals surface area contributed by atoms with E-state index in [9.17, 15) is 4.79 Å². The molecule has 0 spiro atoms. The van der Waals surface area contributed by atoms with E-state index in [4.69, 9.17) is 15.2 Å². The molecule has 2 heterocycles. The average molecular weight is 239 g/mol. The zero-order chi connectivity index (χ0) is 12.4. The third-order valence-electron chi connectivity index (χ3n) is 3.02. The fourth-order valence-corrected chi connectivity index (χ4v) is 2.02. The normalized spacial score (nSPS) is 23.9. The van der Waals surface area contributed by atoms with E-state index in [2.05, 4.69) is 5.10 Å². The second kappa shape index (κ2) is 4.85. The second-order valence-electron chi connectivity index (χ2n) is 4.05. The van der Waals surface area contributed by atoms with Crippen molar-refractivity contribution in [2.45, 2.75) is 19.5 Å². The van der Waals surface area contributed by atoms with Crippen LogP contribution in [0.5, 0.6) is 5.75 Å². The molecule has 1 aliphatic rings. The van der Waals surface area contributed by atoms with Crippen LogP contribution >= 0.6 is 0 Å². The number of carbonyl (C=O) groups is 1. The minimum absolute atomic E-state index is 0.0498. The van der Waals surface area contributed by atoms with Gasteiger partial charge in [-0.2, -0.15) is 5.10 Å². The van der Waals surface area contributed by atoms with Crippen LogP contribution in [0.2, 0.25) is 0 Å². The SMILES string of the molecule is CCn1ncc(OC)c1C(=O)C1COCC1N. The lowest BCUT2D eigenvalue weighted by Gasteiger charge is -2.13. The molecule has 0 aromatic carbocycles. The van der Waals surface area contributed by atoms with Crippen LogP contribution < -0.4 is 10.5 Å². The highest BCUT2D eigenvalue weighted by molar-refractivity contribution is 5.99. The quantitative estimate of drug-likeness (QED) is 0.752. The van der Waals surface area contributed by atoms with Gasteiger partial charge in [0.15, 0.2) is 11.5 Å². The highest BCUT2D eigenvalue weighted by Crippen LogP contribution is 2.24. The summed E-state index contributed by atoms with van der Waals surface area (Å²) < 4.78 is 12.0. The molecule has 94 valence electrons. The summed E-state index contributed by atoms with van der Waals surface area (Å²) in [7, 11) is 1.53. The predicted octanol–water partition coefficient (Wildman–Crippen LogP) is 0.0680. The minimum Gasteiger partial charge on any atom is -0.493 e. The summed E-state index contributed by atoms with van der Waals surface area (Å²) in [5.74, 6) is 0.146. The van der Waals surface area contributed by atoms with Crippen LogP contribution in [0.1, 0.15) is 17.4 Å². The van der Waals surface area contributed by atoms with Crippen LogP contribution in [0.4, 0.5) is 0 Å². The number of hydrogen-bond acceptors (Lipinski definition) is 5. The van der Waals surface area contributed by atoms with Gasteiger partial charge >= 0.3 is 0 Å². The average Bonchev–Trinajstić information content (AvgIpc) is 2.93. The van der Waals surface area contributed by atoms with Crippen LogP contribution in [-0.2, 0) is 11.3 Å². The lowest BCUT2D eigenvalue weighted by Crippen LogP contribution is -2.35. The van der Waals surface area contributed by atoms with Crippen LogP contribution in [0, 0.1) is 5.92 Å². The Labute approximate surface area is 99.7 Å². The molecule has 1 aliphatic heterocycles. The molecule has 1 aromatic heterocycles. The molecule has 0 bridgehead atoms. The van der Waals surface area contributed by atoms with E-state index in [1.54, 1.807) is 10.9 Å². The molecule has 1 aromatic rings. The van der Waals surface area contributed by atoms with Crippen LogP contribution in [-0.4, -0.2) is 41.9 Å². The van der Waals surface area contributed by atoms with Gasteiger partial charge in [0.1, 0.15) is 5.69 Å². The third kappa shape index (κ3) is 2.05. The van der Waals surface area contributed by atoms with Crippen molar-refractivity contribution in [3.8, 4) is 5.75 Å². The summed E-state index contributed by atoms with van der Waals surface area (Å²) >= 11 is 0. The molecule has 1 fully saturated rings. The Bertz CT molecular complexity index is 395. The van der Waals surface area contributed by atoms with Crippen LogP contribution in [0.25, 0.3) is 0 Å². The van der Waals surface area contributed by atoms with Gasteiger partial charge in [0.2, 0.25) is 0 Å². The van der Waals surface area contributed by atoms with Crippen molar-refractivity contribution in [1.82, 2.24) is 9.78 Å². The van der Waals surface area contributed by atoms with Gasteiger partial charge in [-0.25, -0.2) is 0 Å². The number of hydrogen-bond donors (Lipinski definition) is 1. The molecule has 2 atom stereocenters. The number of aromatic nitrogens is 2. The zero-order valence-corrected chi connectivity index (χ0v) is 10.0. The first-order chi connectivity index (χ1) is 8.19. The summed E-state index contributed by atoms with van der Waals surface area (Å²) in [6, 6.07) is -0.243. The standard InChI is InChI=1S/C11H17N3O3/c1-3-14-10(9(16-2)4-13-14)11(15)7-5-17-6-8(7)12/h4,7-8H,3,5-6,12H2,1-2H3. The Balaban J connectivity index is 2.32. The van der Waals surface area contributed by atoms with E-state index in [-0.39, 0.29) is 17.7 Å². The maximum Gasteiger partial charge on any atom is 0.191 e. The summed E-state index contributed by atoms with van der Waals surface area (Å²) in [5, 5.41) is 4.11. The minimum atomic E-state index is -0.300. The third-order valence-corrected chi connectivity index (χ3v) is 3.02. The van der Waals surface area contributed by atoms with Crippen molar-refractivity contribution in [3.05, 3.63) is 11.9 Å². The summed E-state index contributed by atoms with van der Waals surface area (Å²) in [6.07, 6.45) is 1.55. The Morgan fingerprint density at radius 1 is 1.71 bits per heavy atom. The number of aryl methyl sites for hydroxylation is 1. The van der Waals surface area contributed by atoms with Crippen molar-refractivity contribution >= 4 is 5.78 Å². The topological polar surface area (TPSA) is 79.4 Å². The number of methoxy groups -OCH3 is 1. The molecule has 2 unspecified atom stereocenters. The van der Waals surface area contributed by atoms with Gasteiger partial charge < -0.3 is 15.2 Å². The first-order valence-corrected chi connectivity index (χ1v) is 5.66. The van der Waals surface area contributed by atoms with E-state index in [1.165, 1.54) is 7.11 Å². The Kier molecular flexibility index (Phi) is 3.44. The van der Waals surface area contributed by atoms with E-state index in [1.807, 2.05) is 6.92 Å². The molecule has 0 radical (unpaired) electrons. The molecular formula is C11H17N3O3. The molecule has 0 amide bonds. The zero-order valence-electron chi connectivity index (χ0n) is 10.0. The maximum atomic E-state index is 12.4. The Morgan fingerprint density at radius 2 is 2.47 bits per heavy atom. The van der Waals surface area contributed by atoms with Gasteiger partial charge in [0.25, 0.3) is 0 Å². The Hall–Kier alpha value is -1.40. The number of rotatable bonds is 4. The molecule has 0 saturated carbocycles. The molecule has 2 rings (SSSR count). The monoisotopic (exact) mass is 239 g/mol. The smallest absolute Gasteiger partial charge is 0.191 e. The van der Waals surface area contributed by atoms with Crippen molar-refractivity contribution in [2.75, 3.05) is 20.3 Å². The summed E-state index contributed by atoms with van der Waals surface area (Å²) in [4.78, 5) is 12.4. The predicted molar refractivity (Wildman–Crippen MR) is 61.1 cm³/mol. The second-order valence-corrected chi connectivity index (χ2v) is 4.05. The van der Waals surface area contributed by atoms with Crippen molar-refractivity contribution in [2.24, 2.45) is 11.7 Å². The van der Waals surface area contributed by atoms with E-state index in [0.717, 1.165) is 0 Å².